The number of fused-ring (bicyclic) bond motifs is 1. The summed E-state index contributed by atoms with van der Waals surface area (Å²) in [5.41, 5.74) is 10.7. The Bertz CT molecular complexity index is 1420. The molecule has 6 heteroatoms. The molecular weight excluding hydrogens is 532 g/mol. The molecular formula is C33H34Cl2FNO2. The fourth-order valence-electron chi connectivity index (χ4n) is 6.27. The van der Waals surface area contributed by atoms with E-state index < -0.39 is 5.97 Å². The van der Waals surface area contributed by atoms with Gasteiger partial charge in [0.15, 0.2) is 0 Å². The van der Waals surface area contributed by atoms with Crippen molar-refractivity contribution in [3.8, 4) is 0 Å². The van der Waals surface area contributed by atoms with Crippen LogP contribution in [0.3, 0.4) is 0 Å². The second-order valence-corrected chi connectivity index (χ2v) is 11.8. The maximum absolute atomic E-state index is 12.5. The van der Waals surface area contributed by atoms with Crippen LogP contribution in [-0.4, -0.2) is 42.3 Å². The molecule has 1 saturated heterocycles. The fraction of sp³-hybridized carbons (Fsp3) is 0.364. The zero-order chi connectivity index (χ0) is 27.7. The van der Waals surface area contributed by atoms with Gasteiger partial charge in [-0.15, -0.1) is 0 Å². The summed E-state index contributed by atoms with van der Waals surface area (Å²) in [4.78, 5) is 14.1. The van der Waals surface area contributed by atoms with E-state index in [2.05, 4.69) is 30.9 Å². The molecule has 5 rings (SSSR count). The van der Waals surface area contributed by atoms with Crippen LogP contribution in [0, 0.1) is 19.8 Å². The maximum atomic E-state index is 12.5. The van der Waals surface area contributed by atoms with Crippen LogP contribution < -0.4 is 0 Å². The number of benzene rings is 3. The standard InChI is InChI=1S/C33H34Cl2FNO2/c1-20-13-25(14-21(2)30(20)15-22-18-37(19-22)12-4-11-36)32-27-9-7-24(33(38)39)16-23(27)5-3-6-29(32)28-10-8-26(34)17-31(28)35/h7-10,13-14,16-17,22H,3-6,11-12,15,18-19H2,1-2H3,(H,38,39). The van der Waals surface area contributed by atoms with E-state index in [9.17, 15) is 14.3 Å². The summed E-state index contributed by atoms with van der Waals surface area (Å²) in [5.74, 6) is -0.313. The van der Waals surface area contributed by atoms with Gasteiger partial charge in [0.2, 0.25) is 0 Å². The van der Waals surface area contributed by atoms with E-state index in [-0.39, 0.29) is 6.67 Å². The molecule has 1 heterocycles. The van der Waals surface area contributed by atoms with E-state index in [1.807, 2.05) is 24.3 Å². The van der Waals surface area contributed by atoms with Crippen LogP contribution in [0.1, 0.15) is 68.6 Å². The normalized spacial score (nSPS) is 16.1. The number of hydrogen-bond donors (Lipinski definition) is 1. The van der Waals surface area contributed by atoms with Gasteiger partial charge >= 0.3 is 5.97 Å². The van der Waals surface area contributed by atoms with E-state index in [1.165, 1.54) is 16.7 Å². The first-order valence-electron chi connectivity index (χ1n) is 13.7. The lowest BCUT2D eigenvalue weighted by atomic mass is 9.83. The van der Waals surface area contributed by atoms with Crippen molar-refractivity contribution in [1.82, 2.24) is 4.90 Å². The Balaban J connectivity index is 1.59. The number of aromatic carboxylic acids is 1. The molecule has 0 unspecified atom stereocenters. The number of carboxylic acids is 1. The molecule has 1 aliphatic heterocycles. The third-order valence-corrected chi connectivity index (χ3v) is 8.72. The number of halogens is 3. The molecule has 0 amide bonds. The predicted molar refractivity (Wildman–Crippen MR) is 159 cm³/mol. The first-order valence-corrected chi connectivity index (χ1v) is 14.4. The average Bonchev–Trinajstić information content (AvgIpc) is 3.05. The number of allylic oxidation sites excluding steroid dienone is 1. The number of rotatable bonds is 8. The third kappa shape index (κ3) is 5.94. The molecule has 0 radical (unpaired) electrons. The fourth-order valence-corrected chi connectivity index (χ4v) is 6.80. The van der Waals surface area contributed by atoms with Crippen molar-refractivity contribution in [3.63, 3.8) is 0 Å². The second kappa shape index (κ2) is 11.8. The van der Waals surface area contributed by atoms with Gasteiger partial charge < -0.3 is 10.0 Å². The second-order valence-electron chi connectivity index (χ2n) is 11.0. The first-order chi connectivity index (χ1) is 18.7. The molecule has 0 atom stereocenters. The summed E-state index contributed by atoms with van der Waals surface area (Å²) in [5, 5.41) is 10.8. The molecule has 1 N–H and O–H groups in total. The zero-order valence-corrected chi connectivity index (χ0v) is 24.0. The van der Waals surface area contributed by atoms with Crippen LogP contribution in [0.2, 0.25) is 10.0 Å². The minimum Gasteiger partial charge on any atom is -0.478 e. The largest absolute Gasteiger partial charge is 0.478 e. The van der Waals surface area contributed by atoms with Crippen LogP contribution in [0.15, 0.2) is 48.5 Å². The topological polar surface area (TPSA) is 40.5 Å². The zero-order valence-electron chi connectivity index (χ0n) is 22.5. The number of carboxylic acid groups (broad SMARTS) is 1. The monoisotopic (exact) mass is 565 g/mol. The lowest BCUT2D eigenvalue weighted by Crippen LogP contribution is -2.48. The molecule has 1 fully saturated rings. The Morgan fingerprint density at radius 1 is 1.00 bits per heavy atom. The van der Waals surface area contributed by atoms with Crippen LogP contribution in [0.25, 0.3) is 11.1 Å². The minimum absolute atomic E-state index is 0.249. The molecule has 0 bridgehead atoms. The van der Waals surface area contributed by atoms with E-state index in [4.69, 9.17) is 23.2 Å². The van der Waals surface area contributed by atoms with Gasteiger partial charge in [-0.3, -0.25) is 4.39 Å². The summed E-state index contributed by atoms with van der Waals surface area (Å²) < 4.78 is 12.5. The summed E-state index contributed by atoms with van der Waals surface area (Å²) in [6.45, 7) is 7.03. The Hall–Kier alpha value is -2.66. The third-order valence-electron chi connectivity index (χ3n) is 8.17. The lowest BCUT2D eigenvalue weighted by molar-refractivity contribution is 0.0696. The number of alkyl halides is 1. The van der Waals surface area contributed by atoms with Crippen molar-refractivity contribution in [3.05, 3.63) is 103 Å². The number of aryl methyl sites for hydroxylation is 3. The summed E-state index contributed by atoms with van der Waals surface area (Å²) in [7, 11) is 0. The Morgan fingerprint density at radius 3 is 2.38 bits per heavy atom. The molecule has 39 heavy (non-hydrogen) atoms. The molecule has 0 aromatic heterocycles. The van der Waals surface area contributed by atoms with Crippen LogP contribution >= 0.6 is 23.2 Å². The van der Waals surface area contributed by atoms with Gasteiger partial charge in [0, 0.05) is 29.7 Å². The number of likely N-dealkylation sites (tertiary alicyclic amines) is 1. The molecule has 1 aliphatic carbocycles. The summed E-state index contributed by atoms with van der Waals surface area (Å²) in [6.07, 6.45) is 4.15. The highest BCUT2D eigenvalue weighted by Gasteiger charge is 2.28. The highest BCUT2D eigenvalue weighted by atomic mass is 35.5. The Kier molecular flexibility index (Phi) is 8.46. The van der Waals surface area contributed by atoms with Crippen LogP contribution in [0.4, 0.5) is 4.39 Å². The van der Waals surface area contributed by atoms with Crippen molar-refractivity contribution in [2.75, 3.05) is 26.3 Å². The van der Waals surface area contributed by atoms with Crippen molar-refractivity contribution >= 4 is 40.3 Å². The smallest absolute Gasteiger partial charge is 0.335 e. The van der Waals surface area contributed by atoms with Gasteiger partial charge in [0.05, 0.1) is 12.2 Å². The van der Waals surface area contributed by atoms with Crippen molar-refractivity contribution in [1.29, 1.82) is 0 Å². The van der Waals surface area contributed by atoms with Gasteiger partial charge in [-0.05, 0) is 126 Å². The van der Waals surface area contributed by atoms with Crippen molar-refractivity contribution in [2.24, 2.45) is 5.92 Å². The van der Waals surface area contributed by atoms with Gasteiger partial charge in [0.1, 0.15) is 0 Å². The van der Waals surface area contributed by atoms with Gasteiger partial charge in [-0.25, -0.2) is 4.79 Å². The van der Waals surface area contributed by atoms with Gasteiger partial charge in [0.25, 0.3) is 0 Å². The molecule has 0 spiro atoms. The number of carbonyl (C=O) groups is 1. The summed E-state index contributed by atoms with van der Waals surface area (Å²) >= 11 is 13.0. The Morgan fingerprint density at radius 2 is 1.72 bits per heavy atom. The Labute approximate surface area is 240 Å². The molecule has 3 aromatic rings. The maximum Gasteiger partial charge on any atom is 0.335 e. The number of nitrogens with zero attached hydrogens (tertiary/aromatic N) is 1. The van der Waals surface area contributed by atoms with E-state index in [0.29, 0.717) is 27.9 Å². The summed E-state index contributed by atoms with van der Waals surface area (Å²) in [6, 6.07) is 15.7. The SMILES string of the molecule is Cc1cc(C2=C(c3ccc(Cl)cc3Cl)CCCc3cc(C(=O)O)ccc32)cc(C)c1CC1CN(CCCF)C1. The minimum atomic E-state index is -0.913. The molecule has 0 saturated carbocycles. The van der Waals surface area contributed by atoms with E-state index in [1.54, 1.807) is 12.1 Å². The highest BCUT2D eigenvalue weighted by molar-refractivity contribution is 6.36. The molecule has 204 valence electrons. The predicted octanol–water partition coefficient (Wildman–Crippen LogP) is 8.44. The van der Waals surface area contributed by atoms with Crippen LogP contribution in [0.5, 0.6) is 0 Å². The quantitative estimate of drug-likeness (QED) is 0.298. The number of hydrogen-bond acceptors (Lipinski definition) is 2. The highest BCUT2D eigenvalue weighted by Crippen LogP contribution is 2.43. The average molecular weight is 567 g/mol. The van der Waals surface area contributed by atoms with Crippen molar-refractivity contribution in [2.45, 2.75) is 46.0 Å². The van der Waals surface area contributed by atoms with E-state index in [0.717, 1.165) is 78.7 Å². The first kappa shape index (κ1) is 27.9. The molecule has 2 aliphatic rings. The molecule has 3 nitrogen and oxygen atoms in total. The van der Waals surface area contributed by atoms with Crippen LogP contribution in [-0.2, 0) is 12.8 Å². The molecule has 3 aromatic carbocycles. The lowest BCUT2D eigenvalue weighted by Gasteiger charge is -2.40. The van der Waals surface area contributed by atoms with Gasteiger partial charge in [-0.1, -0.05) is 47.5 Å². The van der Waals surface area contributed by atoms with E-state index >= 15 is 0 Å². The van der Waals surface area contributed by atoms with Gasteiger partial charge in [-0.2, -0.15) is 0 Å². The van der Waals surface area contributed by atoms with Crippen molar-refractivity contribution < 1.29 is 14.3 Å².